The SMILES string of the molecule is CCC1(CC)CN(c2ccc(F)cc2C)C(C(C)C)CN1. The summed E-state index contributed by atoms with van der Waals surface area (Å²) < 4.78 is 13.4. The van der Waals surface area contributed by atoms with Gasteiger partial charge in [-0.1, -0.05) is 27.7 Å². The van der Waals surface area contributed by atoms with Crippen LogP contribution in [0.4, 0.5) is 10.1 Å². The summed E-state index contributed by atoms with van der Waals surface area (Å²) in [5.41, 5.74) is 2.39. The molecule has 2 rings (SSSR count). The van der Waals surface area contributed by atoms with Crippen LogP contribution in [0.1, 0.15) is 46.1 Å². The smallest absolute Gasteiger partial charge is 0.123 e. The van der Waals surface area contributed by atoms with Gasteiger partial charge in [0.05, 0.1) is 0 Å². The second-order valence-electron chi connectivity index (χ2n) is 6.74. The maximum absolute atomic E-state index is 13.4. The van der Waals surface area contributed by atoms with Crippen molar-refractivity contribution in [1.82, 2.24) is 5.32 Å². The quantitative estimate of drug-likeness (QED) is 0.897. The molecule has 1 saturated heterocycles. The summed E-state index contributed by atoms with van der Waals surface area (Å²) in [6.45, 7) is 13.0. The fraction of sp³-hybridized carbons (Fsp3) is 0.667. The molecule has 0 aliphatic carbocycles. The molecule has 0 bridgehead atoms. The van der Waals surface area contributed by atoms with Crippen molar-refractivity contribution in [2.24, 2.45) is 5.92 Å². The number of nitrogens with zero attached hydrogens (tertiary/aromatic N) is 1. The molecule has 1 aromatic rings. The minimum atomic E-state index is -0.148. The lowest BCUT2D eigenvalue weighted by Crippen LogP contribution is -2.65. The van der Waals surface area contributed by atoms with E-state index >= 15 is 0 Å². The molecule has 1 aromatic carbocycles. The first-order chi connectivity index (χ1) is 9.92. The average molecular weight is 292 g/mol. The zero-order chi connectivity index (χ0) is 15.6. The summed E-state index contributed by atoms with van der Waals surface area (Å²) in [6.07, 6.45) is 2.23. The molecule has 1 N–H and O–H groups in total. The highest BCUT2D eigenvalue weighted by atomic mass is 19.1. The van der Waals surface area contributed by atoms with Gasteiger partial charge in [0.2, 0.25) is 0 Å². The lowest BCUT2D eigenvalue weighted by atomic mass is 9.85. The van der Waals surface area contributed by atoms with Crippen molar-refractivity contribution >= 4 is 5.69 Å². The summed E-state index contributed by atoms with van der Waals surface area (Å²) in [5, 5.41) is 3.78. The van der Waals surface area contributed by atoms with E-state index in [4.69, 9.17) is 0 Å². The van der Waals surface area contributed by atoms with Crippen LogP contribution in [0.5, 0.6) is 0 Å². The first-order valence-electron chi connectivity index (χ1n) is 8.20. The Balaban J connectivity index is 2.38. The fourth-order valence-electron chi connectivity index (χ4n) is 3.45. The molecule has 0 aromatic heterocycles. The molecule has 1 aliphatic heterocycles. The lowest BCUT2D eigenvalue weighted by molar-refractivity contribution is 0.227. The van der Waals surface area contributed by atoms with E-state index in [1.54, 1.807) is 12.1 Å². The third-order valence-corrected chi connectivity index (χ3v) is 5.15. The van der Waals surface area contributed by atoms with E-state index in [-0.39, 0.29) is 11.4 Å². The van der Waals surface area contributed by atoms with Crippen LogP contribution in [0.2, 0.25) is 0 Å². The fourth-order valence-corrected chi connectivity index (χ4v) is 3.45. The van der Waals surface area contributed by atoms with Crippen LogP contribution in [-0.4, -0.2) is 24.7 Å². The zero-order valence-electron chi connectivity index (χ0n) is 14.0. The van der Waals surface area contributed by atoms with Gasteiger partial charge in [0, 0.05) is 30.4 Å². The maximum Gasteiger partial charge on any atom is 0.123 e. The van der Waals surface area contributed by atoms with E-state index in [9.17, 15) is 4.39 Å². The molecule has 1 atom stereocenters. The molecule has 118 valence electrons. The van der Waals surface area contributed by atoms with Gasteiger partial charge in [-0.2, -0.15) is 0 Å². The van der Waals surface area contributed by atoms with E-state index in [1.165, 1.54) is 5.69 Å². The number of rotatable bonds is 4. The molecule has 0 saturated carbocycles. The highest BCUT2D eigenvalue weighted by Crippen LogP contribution is 2.32. The van der Waals surface area contributed by atoms with E-state index in [0.717, 1.165) is 31.5 Å². The van der Waals surface area contributed by atoms with Crippen LogP contribution in [0.15, 0.2) is 18.2 Å². The van der Waals surface area contributed by atoms with Gasteiger partial charge in [0.15, 0.2) is 0 Å². The first-order valence-corrected chi connectivity index (χ1v) is 8.20. The monoisotopic (exact) mass is 292 g/mol. The minimum absolute atomic E-state index is 0.148. The minimum Gasteiger partial charge on any atom is -0.365 e. The van der Waals surface area contributed by atoms with Crippen LogP contribution in [0, 0.1) is 18.7 Å². The molecule has 0 spiro atoms. The number of hydrogen-bond donors (Lipinski definition) is 1. The van der Waals surface area contributed by atoms with E-state index in [1.807, 2.05) is 13.0 Å². The van der Waals surface area contributed by atoms with E-state index < -0.39 is 0 Å². The molecular weight excluding hydrogens is 263 g/mol. The first kappa shape index (κ1) is 16.3. The van der Waals surface area contributed by atoms with Gasteiger partial charge in [-0.15, -0.1) is 0 Å². The van der Waals surface area contributed by atoms with Crippen LogP contribution < -0.4 is 10.2 Å². The van der Waals surface area contributed by atoms with Crippen molar-refractivity contribution in [3.8, 4) is 0 Å². The van der Waals surface area contributed by atoms with Crippen LogP contribution in [0.25, 0.3) is 0 Å². The summed E-state index contributed by atoms with van der Waals surface area (Å²) in [5.74, 6) is 0.415. The number of halogens is 1. The number of aryl methyl sites for hydroxylation is 1. The van der Waals surface area contributed by atoms with Gasteiger partial charge >= 0.3 is 0 Å². The Bertz CT molecular complexity index is 480. The van der Waals surface area contributed by atoms with Crippen molar-refractivity contribution in [3.63, 3.8) is 0 Å². The zero-order valence-corrected chi connectivity index (χ0v) is 14.0. The summed E-state index contributed by atoms with van der Waals surface area (Å²) >= 11 is 0. The highest BCUT2D eigenvalue weighted by Gasteiger charge is 2.38. The molecule has 21 heavy (non-hydrogen) atoms. The topological polar surface area (TPSA) is 15.3 Å². The Labute approximate surface area is 128 Å². The summed E-state index contributed by atoms with van der Waals surface area (Å²) in [7, 11) is 0. The van der Waals surface area contributed by atoms with Gasteiger partial charge in [-0.3, -0.25) is 0 Å². The van der Waals surface area contributed by atoms with Crippen molar-refractivity contribution < 1.29 is 4.39 Å². The second kappa shape index (κ2) is 6.35. The summed E-state index contributed by atoms with van der Waals surface area (Å²) in [6, 6.07) is 5.64. The standard InChI is InChI=1S/C18H29FN2/c1-6-18(7-2)12-21(17(11-20-18)13(3)4)16-9-8-15(19)10-14(16)5/h8-10,13,17,20H,6-7,11-12H2,1-5H3. The molecule has 3 heteroatoms. The molecule has 1 unspecified atom stereocenters. The van der Waals surface area contributed by atoms with Gasteiger partial charge in [0.1, 0.15) is 5.82 Å². The molecule has 2 nitrogen and oxygen atoms in total. The average Bonchev–Trinajstić information content (AvgIpc) is 2.46. The Morgan fingerprint density at radius 1 is 1.33 bits per heavy atom. The van der Waals surface area contributed by atoms with Crippen LogP contribution >= 0.6 is 0 Å². The summed E-state index contributed by atoms with van der Waals surface area (Å²) in [4.78, 5) is 2.50. The largest absolute Gasteiger partial charge is 0.365 e. The number of piperazine rings is 1. The van der Waals surface area contributed by atoms with Crippen LogP contribution in [0.3, 0.4) is 0 Å². The molecule has 0 amide bonds. The Kier molecular flexibility index (Phi) is 4.92. The van der Waals surface area contributed by atoms with Gasteiger partial charge < -0.3 is 10.2 Å². The normalized spacial score (nSPS) is 21.9. The molecule has 0 radical (unpaired) electrons. The van der Waals surface area contributed by atoms with Crippen molar-refractivity contribution in [2.45, 2.75) is 59.0 Å². The molecule has 1 heterocycles. The maximum atomic E-state index is 13.4. The number of hydrogen-bond acceptors (Lipinski definition) is 2. The predicted molar refractivity (Wildman–Crippen MR) is 88.4 cm³/mol. The number of nitrogens with one attached hydrogen (secondary N) is 1. The van der Waals surface area contributed by atoms with E-state index in [2.05, 4.69) is 37.9 Å². The third-order valence-electron chi connectivity index (χ3n) is 5.15. The molecular formula is C18H29FN2. The third kappa shape index (κ3) is 3.23. The second-order valence-corrected chi connectivity index (χ2v) is 6.74. The van der Waals surface area contributed by atoms with Gasteiger partial charge in [-0.05, 0) is 49.4 Å². The highest BCUT2D eigenvalue weighted by molar-refractivity contribution is 5.55. The Morgan fingerprint density at radius 3 is 2.52 bits per heavy atom. The van der Waals surface area contributed by atoms with Gasteiger partial charge in [-0.25, -0.2) is 4.39 Å². The van der Waals surface area contributed by atoms with Crippen molar-refractivity contribution in [2.75, 3.05) is 18.0 Å². The number of benzene rings is 1. The molecule has 1 fully saturated rings. The number of anilines is 1. The van der Waals surface area contributed by atoms with Crippen LogP contribution in [-0.2, 0) is 0 Å². The van der Waals surface area contributed by atoms with Gasteiger partial charge in [0.25, 0.3) is 0 Å². The lowest BCUT2D eigenvalue weighted by Gasteiger charge is -2.50. The predicted octanol–water partition coefficient (Wildman–Crippen LogP) is 4.13. The van der Waals surface area contributed by atoms with Crippen molar-refractivity contribution in [1.29, 1.82) is 0 Å². The van der Waals surface area contributed by atoms with Crippen molar-refractivity contribution in [3.05, 3.63) is 29.6 Å². The Morgan fingerprint density at radius 2 is 2.00 bits per heavy atom. The molecule has 1 aliphatic rings. The van der Waals surface area contributed by atoms with E-state index in [0.29, 0.717) is 12.0 Å². The Hall–Kier alpha value is -1.09.